The molecule has 6 aromatic rings. The van der Waals surface area contributed by atoms with Gasteiger partial charge in [0.2, 0.25) is 5.95 Å². The van der Waals surface area contributed by atoms with Gasteiger partial charge in [-0.25, -0.2) is 32.1 Å². The fourth-order valence-electron chi connectivity index (χ4n) is 6.31. The number of aryl methyl sites for hydroxylation is 2. The highest BCUT2D eigenvalue weighted by atomic mass is 35.5. The number of aromatic nitrogens is 6. The molecule has 0 saturated heterocycles. The molecular weight excluding hydrogens is 757 g/mol. The summed E-state index contributed by atoms with van der Waals surface area (Å²) in [5.74, 6) is -6.05. The predicted octanol–water partition coefficient (Wildman–Crippen LogP) is 6.51. The van der Waals surface area contributed by atoms with Gasteiger partial charge < -0.3 is 20.5 Å². The second kappa shape index (κ2) is 15.9. The molecule has 3 aromatic carbocycles. The van der Waals surface area contributed by atoms with E-state index in [9.17, 15) is 37.5 Å². The van der Waals surface area contributed by atoms with Crippen LogP contribution in [0.5, 0.6) is 0 Å². The minimum atomic E-state index is -1.71. The molecule has 0 aliphatic rings. The van der Waals surface area contributed by atoms with Gasteiger partial charge in [0.15, 0.2) is 17.5 Å². The molecule has 6 rings (SSSR count). The first kappa shape index (κ1) is 39.5. The molecule has 0 aliphatic heterocycles. The maximum Gasteiger partial charge on any atom is 0.407 e. The fraction of sp³-hybridized carbons (Fsp3) is 0.289. The molecule has 0 atom stereocenters. The van der Waals surface area contributed by atoms with Crippen LogP contribution in [0.15, 0.2) is 64.6 Å². The Morgan fingerprint density at radius 3 is 2.46 bits per heavy atom. The van der Waals surface area contributed by atoms with Gasteiger partial charge in [0.05, 0.1) is 34.7 Å². The number of anilines is 2. The highest BCUT2D eigenvalue weighted by molar-refractivity contribution is 6.34. The van der Waals surface area contributed by atoms with Crippen molar-refractivity contribution in [3.05, 3.63) is 115 Å². The predicted molar refractivity (Wildman–Crippen MR) is 202 cm³/mol. The summed E-state index contributed by atoms with van der Waals surface area (Å²) in [5, 5.41) is 20.9. The summed E-state index contributed by atoms with van der Waals surface area (Å²) in [5.41, 5.74) is -1.26. The molecule has 0 unspecified atom stereocenters. The van der Waals surface area contributed by atoms with Crippen molar-refractivity contribution in [3.63, 3.8) is 0 Å². The standard InChI is InChI=1S/C38H36ClF3N8O6/c1-38(2,3)56-36(54)44-16-22-9-7-8-21-15-43-17-29(31(21)22)50-35(53)46-34(49(37(50)55)18-20-12-26(40)32(42)27(41)13-20)45-33-23(10-5-6-11-30(51)52)24-19-48(4)47-28(24)14-25(33)39/h7-9,12-15,17,19H,5-6,10-11,16,18H2,1-4H3,(H,44,54)(H,51,52)(H,45,46,53). The number of amides is 1. The van der Waals surface area contributed by atoms with Crippen LogP contribution in [0.2, 0.25) is 5.02 Å². The van der Waals surface area contributed by atoms with Crippen LogP contribution in [0.25, 0.3) is 27.4 Å². The number of hydrogen-bond donors (Lipinski definition) is 3. The van der Waals surface area contributed by atoms with E-state index in [0.29, 0.717) is 64.2 Å². The van der Waals surface area contributed by atoms with Crippen LogP contribution in [0, 0.1) is 17.5 Å². The summed E-state index contributed by atoms with van der Waals surface area (Å²) < 4.78 is 51.6. The molecule has 0 saturated carbocycles. The van der Waals surface area contributed by atoms with Gasteiger partial charge in [0.1, 0.15) is 5.60 Å². The molecule has 292 valence electrons. The lowest BCUT2D eigenvalue weighted by atomic mass is 10.0. The Balaban J connectivity index is 1.53. The Labute approximate surface area is 321 Å². The Hall–Kier alpha value is -6.23. The molecule has 1 amide bonds. The summed E-state index contributed by atoms with van der Waals surface area (Å²) in [6.45, 7) is 4.45. The van der Waals surface area contributed by atoms with Crippen LogP contribution in [0.1, 0.15) is 56.7 Å². The van der Waals surface area contributed by atoms with Crippen molar-refractivity contribution < 1.29 is 32.6 Å². The summed E-state index contributed by atoms with van der Waals surface area (Å²) in [6.07, 6.45) is 4.77. The lowest BCUT2D eigenvalue weighted by molar-refractivity contribution is -0.137. The van der Waals surface area contributed by atoms with E-state index in [2.05, 4.69) is 25.7 Å². The largest absolute Gasteiger partial charge is 0.481 e. The zero-order valence-corrected chi connectivity index (χ0v) is 31.4. The number of benzene rings is 3. The van der Waals surface area contributed by atoms with E-state index in [4.69, 9.17) is 16.3 Å². The van der Waals surface area contributed by atoms with Gasteiger partial charge in [-0.2, -0.15) is 10.1 Å². The smallest absolute Gasteiger partial charge is 0.407 e. The lowest BCUT2D eigenvalue weighted by Crippen LogP contribution is -2.42. The van der Waals surface area contributed by atoms with Crippen molar-refractivity contribution >= 4 is 57.0 Å². The van der Waals surface area contributed by atoms with Crippen molar-refractivity contribution in [2.24, 2.45) is 7.05 Å². The highest BCUT2D eigenvalue weighted by Gasteiger charge is 2.23. The first-order chi connectivity index (χ1) is 26.5. The third-order valence-corrected chi connectivity index (χ3v) is 8.96. The van der Waals surface area contributed by atoms with Gasteiger partial charge in [-0.15, -0.1) is 0 Å². The normalized spacial score (nSPS) is 11.6. The van der Waals surface area contributed by atoms with Crippen molar-refractivity contribution in [1.29, 1.82) is 0 Å². The third-order valence-electron chi connectivity index (χ3n) is 8.66. The topological polar surface area (TPSA) is 175 Å². The number of nitrogens with zero attached hydrogens (tertiary/aromatic N) is 6. The molecule has 0 bridgehead atoms. The number of carbonyl (C=O) groups excluding carboxylic acids is 1. The average Bonchev–Trinajstić information content (AvgIpc) is 3.49. The van der Waals surface area contributed by atoms with Gasteiger partial charge in [-0.05, 0) is 74.9 Å². The number of aliphatic carboxylic acids is 1. The quantitative estimate of drug-likeness (QED) is 0.0915. The van der Waals surface area contributed by atoms with Crippen LogP contribution in [0.4, 0.5) is 29.6 Å². The molecule has 0 radical (unpaired) electrons. The summed E-state index contributed by atoms with van der Waals surface area (Å²) in [7, 11) is 1.70. The highest BCUT2D eigenvalue weighted by Crippen LogP contribution is 2.36. The molecular formula is C38H36ClF3N8O6. The van der Waals surface area contributed by atoms with Crippen molar-refractivity contribution in [2.75, 3.05) is 5.32 Å². The number of rotatable bonds is 12. The molecule has 14 nitrogen and oxygen atoms in total. The molecule has 0 spiro atoms. The Kier molecular flexibility index (Phi) is 11.2. The van der Waals surface area contributed by atoms with E-state index in [0.717, 1.165) is 9.13 Å². The van der Waals surface area contributed by atoms with E-state index in [1.165, 1.54) is 12.4 Å². The maximum absolute atomic E-state index is 14.6. The molecule has 0 fully saturated rings. The third kappa shape index (κ3) is 8.52. The van der Waals surface area contributed by atoms with Crippen LogP contribution in [-0.2, 0) is 36.1 Å². The number of pyridine rings is 1. The number of halogens is 4. The van der Waals surface area contributed by atoms with E-state index in [1.54, 1.807) is 63.0 Å². The number of alkyl carbamates (subject to hydrolysis) is 1. The van der Waals surface area contributed by atoms with Gasteiger partial charge in [0.25, 0.3) is 0 Å². The van der Waals surface area contributed by atoms with Crippen LogP contribution in [-0.4, -0.2) is 51.7 Å². The van der Waals surface area contributed by atoms with Gasteiger partial charge in [-0.1, -0.05) is 29.8 Å². The molecule has 3 aromatic heterocycles. The van der Waals surface area contributed by atoms with E-state index < -0.39 is 53.0 Å². The number of nitrogens with one attached hydrogen (secondary N) is 2. The van der Waals surface area contributed by atoms with Crippen molar-refractivity contribution in [1.82, 2.24) is 34.2 Å². The summed E-state index contributed by atoms with van der Waals surface area (Å²) in [6, 6.07) is 8.05. The van der Waals surface area contributed by atoms with Gasteiger partial charge >= 0.3 is 23.4 Å². The lowest BCUT2D eigenvalue weighted by Gasteiger charge is -2.20. The molecule has 56 heavy (non-hydrogen) atoms. The minimum Gasteiger partial charge on any atom is -0.481 e. The van der Waals surface area contributed by atoms with Crippen molar-refractivity contribution in [2.45, 2.75) is 65.1 Å². The Morgan fingerprint density at radius 1 is 1.04 bits per heavy atom. The number of hydrogen-bond acceptors (Lipinski definition) is 9. The Morgan fingerprint density at radius 2 is 1.77 bits per heavy atom. The first-order valence-corrected chi connectivity index (χ1v) is 17.7. The van der Waals surface area contributed by atoms with Crippen LogP contribution < -0.4 is 22.0 Å². The van der Waals surface area contributed by atoms with E-state index in [1.807, 2.05) is 0 Å². The zero-order chi connectivity index (χ0) is 40.5. The first-order valence-electron chi connectivity index (χ1n) is 17.3. The monoisotopic (exact) mass is 792 g/mol. The SMILES string of the molecule is Cn1cc2c(CCCCC(=O)O)c(Nc3nc(=O)n(-c4cncc5cccc(CNC(=O)OC(C)(C)C)c45)c(=O)n3Cc3cc(F)c(F)c(F)c3)c(Cl)cc2n1. The van der Waals surface area contributed by atoms with Crippen LogP contribution in [0.3, 0.4) is 0 Å². The van der Waals surface area contributed by atoms with Crippen LogP contribution >= 0.6 is 11.6 Å². The number of carbonyl (C=O) groups is 2. The average molecular weight is 793 g/mol. The summed E-state index contributed by atoms with van der Waals surface area (Å²) in [4.78, 5) is 60.9. The number of fused-ring (bicyclic) bond motifs is 2. The number of carboxylic acid groups (broad SMARTS) is 1. The molecule has 0 aliphatic carbocycles. The number of carboxylic acids is 1. The number of ether oxygens (including phenoxy) is 1. The Bertz CT molecular complexity index is 2610. The number of unbranched alkanes of at least 4 members (excludes halogenated alkanes) is 1. The van der Waals surface area contributed by atoms with E-state index >= 15 is 0 Å². The molecule has 3 N–H and O–H groups in total. The maximum atomic E-state index is 14.6. The molecule has 3 heterocycles. The minimum absolute atomic E-state index is 0.0164. The van der Waals surface area contributed by atoms with Gasteiger partial charge in [-0.3, -0.25) is 19.0 Å². The van der Waals surface area contributed by atoms with E-state index in [-0.39, 0.29) is 40.9 Å². The zero-order valence-electron chi connectivity index (χ0n) is 30.6. The van der Waals surface area contributed by atoms with Crippen molar-refractivity contribution in [3.8, 4) is 5.69 Å². The second-order valence-corrected chi connectivity index (χ2v) is 14.4. The van der Waals surface area contributed by atoms with Gasteiger partial charge in [0, 0.05) is 48.6 Å². The second-order valence-electron chi connectivity index (χ2n) is 14.0. The molecule has 18 heteroatoms. The fourth-order valence-corrected chi connectivity index (χ4v) is 6.58. The summed E-state index contributed by atoms with van der Waals surface area (Å²) >= 11 is 6.79.